The molecule has 0 aromatic carbocycles. The summed E-state index contributed by atoms with van der Waals surface area (Å²) in [5, 5.41) is 15.7. The zero-order valence-corrected chi connectivity index (χ0v) is 11.0. The molecule has 0 saturated carbocycles. The van der Waals surface area contributed by atoms with Crippen LogP contribution in [0.1, 0.15) is 26.6 Å². The van der Waals surface area contributed by atoms with Crippen LogP contribution in [0.15, 0.2) is 6.07 Å². The number of aromatic nitrogens is 2. The second-order valence-electron chi connectivity index (χ2n) is 4.39. The quantitative estimate of drug-likeness (QED) is 0.703. The molecule has 17 heavy (non-hydrogen) atoms. The maximum Gasteiger partial charge on any atom is 0.132 e. The molecule has 0 radical (unpaired) electrons. The summed E-state index contributed by atoms with van der Waals surface area (Å²) in [4.78, 5) is 8.59. The van der Waals surface area contributed by atoms with E-state index in [2.05, 4.69) is 34.4 Å². The van der Waals surface area contributed by atoms with Crippen molar-refractivity contribution in [3.8, 4) is 0 Å². The molecule has 5 nitrogen and oxygen atoms in total. The van der Waals surface area contributed by atoms with Crippen LogP contribution in [0.5, 0.6) is 0 Å². The van der Waals surface area contributed by atoms with Gasteiger partial charge in [0, 0.05) is 12.6 Å². The average molecular weight is 238 g/mol. The van der Waals surface area contributed by atoms with Crippen LogP contribution in [0.25, 0.3) is 0 Å². The first-order valence-corrected chi connectivity index (χ1v) is 6.03. The molecule has 1 aromatic rings. The van der Waals surface area contributed by atoms with Crippen molar-refractivity contribution >= 4 is 11.6 Å². The van der Waals surface area contributed by atoms with Gasteiger partial charge in [-0.3, -0.25) is 0 Å². The molecule has 3 N–H and O–H groups in total. The standard InChI is InChI=1S/C12H22N4O/c1-5-13-11-6-12(15-9(4)14-11)16-10(7-17)8(2)3/h6,8,10,17H,5,7H2,1-4H3,(H2,13,14,15,16). The second-order valence-corrected chi connectivity index (χ2v) is 4.39. The van der Waals surface area contributed by atoms with E-state index in [0.717, 1.165) is 18.2 Å². The highest BCUT2D eigenvalue weighted by molar-refractivity contribution is 5.48. The lowest BCUT2D eigenvalue weighted by Gasteiger charge is -2.21. The second kappa shape index (κ2) is 6.39. The highest BCUT2D eigenvalue weighted by Crippen LogP contribution is 2.14. The van der Waals surface area contributed by atoms with Gasteiger partial charge in [-0.25, -0.2) is 9.97 Å². The number of rotatable bonds is 6. The Kier molecular flexibility index (Phi) is 5.15. The minimum atomic E-state index is 0.0128. The summed E-state index contributed by atoms with van der Waals surface area (Å²) in [7, 11) is 0. The smallest absolute Gasteiger partial charge is 0.132 e. The zero-order chi connectivity index (χ0) is 12.8. The van der Waals surface area contributed by atoms with Gasteiger partial charge >= 0.3 is 0 Å². The van der Waals surface area contributed by atoms with Crippen LogP contribution in [-0.4, -0.2) is 34.3 Å². The van der Waals surface area contributed by atoms with Gasteiger partial charge in [0.05, 0.1) is 12.6 Å². The number of hydrogen-bond acceptors (Lipinski definition) is 5. The summed E-state index contributed by atoms with van der Waals surface area (Å²) >= 11 is 0. The van der Waals surface area contributed by atoms with Crippen LogP contribution in [0, 0.1) is 12.8 Å². The van der Waals surface area contributed by atoms with Gasteiger partial charge in [0.25, 0.3) is 0 Å². The van der Waals surface area contributed by atoms with Crippen molar-refractivity contribution in [1.82, 2.24) is 9.97 Å². The van der Waals surface area contributed by atoms with Crippen molar-refractivity contribution in [2.45, 2.75) is 33.7 Å². The maximum atomic E-state index is 9.28. The molecule has 0 saturated heterocycles. The number of hydrogen-bond donors (Lipinski definition) is 3. The number of aliphatic hydroxyl groups excluding tert-OH is 1. The first-order valence-electron chi connectivity index (χ1n) is 6.03. The molecule has 0 aliphatic carbocycles. The van der Waals surface area contributed by atoms with Crippen LogP contribution < -0.4 is 10.6 Å². The Balaban J connectivity index is 2.82. The van der Waals surface area contributed by atoms with Gasteiger partial charge in [-0.05, 0) is 19.8 Å². The first-order chi connectivity index (χ1) is 8.06. The molecule has 1 atom stereocenters. The fourth-order valence-electron chi connectivity index (χ4n) is 1.53. The summed E-state index contributed by atoms with van der Waals surface area (Å²) in [5.41, 5.74) is 0. The largest absolute Gasteiger partial charge is 0.394 e. The lowest BCUT2D eigenvalue weighted by atomic mass is 10.1. The van der Waals surface area contributed by atoms with Gasteiger partial charge in [0.2, 0.25) is 0 Å². The first kappa shape index (κ1) is 13.7. The third kappa shape index (κ3) is 4.19. The molecule has 1 heterocycles. The van der Waals surface area contributed by atoms with Gasteiger partial charge in [0.15, 0.2) is 0 Å². The maximum absolute atomic E-state index is 9.28. The van der Waals surface area contributed by atoms with Crippen LogP contribution in [0.2, 0.25) is 0 Å². The molecular weight excluding hydrogens is 216 g/mol. The minimum absolute atomic E-state index is 0.0128. The molecule has 0 fully saturated rings. The lowest BCUT2D eigenvalue weighted by Crippen LogP contribution is -2.30. The third-order valence-electron chi connectivity index (χ3n) is 2.53. The summed E-state index contributed by atoms with van der Waals surface area (Å²) < 4.78 is 0. The highest BCUT2D eigenvalue weighted by atomic mass is 16.3. The Morgan fingerprint density at radius 2 is 1.94 bits per heavy atom. The van der Waals surface area contributed by atoms with Crippen LogP contribution in [0.3, 0.4) is 0 Å². The topological polar surface area (TPSA) is 70.1 Å². The van der Waals surface area contributed by atoms with Crippen molar-refractivity contribution in [2.24, 2.45) is 5.92 Å². The molecule has 1 aromatic heterocycles. The van der Waals surface area contributed by atoms with E-state index < -0.39 is 0 Å². The van der Waals surface area contributed by atoms with E-state index in [1.807, 2.05) is 19.9 Å². The molecule has 1 rings (SSSR count). The van der Waals surface area contributed by atoms with Crippen molar-refractivity contribution in [3.63, 3.8) is 0 Å². The SMILES string of the molecule is CCNc1cc(NC(CO)C(C)C)nc(C)n1. The highest BCUT2D eigenvalue weighted by Gasteiger charge is 2.13. The van der Waals surface area contributed by atoms with E-state index >= 15 is 0 Å². The van der Waals surface area contributed by atoms with Crippen molar-refractivity contribution in [3.05, 3.63) is 11.9 Å². The Hall–Kier alpha value is -1.36. The van der Waals surface area contributed by atoms with E-state index in [9.17, 15) is 5.11 Å². The molecule has 0 bridgehead atoms. The number of aryl methyl sites for hydroxylation is 1. The molecule has 0 aliphatic heterocycles. The summed E-state index contributed by atoms with van der Waals surface area (Å²) in [6, 6.07) is 1.88. The Bertz CT molecular complexity index is 354. The summed E-state index contributed by atoms with van der Waals surface area (Å²) in [6.07, 6.45) is 0. The lowest BCUT2D eigenvalue weighted by molar-refractivity contribution is 0.249. The zero-order valence-electron chi connectivity index (χ0n) is 11.0. The molecule has 1 unspecified atom stereocenters. The van der Waals surface area contributed by atoms with Crippen LogP contribution >= 0.6 is 0 Å². The van der Waals surface area contributed by atoms with E-state index in [0.29, 0.717) is 11.7 Å². The Labute approximate surface area is 103 Å². The van der Waals surface area contributed by atoms with Crippen LogP contribution in [-0.2, 0) is 0 Å². The number of aliphatic hydroxyl groups is 1. The van der Waals surface area contributed by atoms with Gasteiger partial charge in [-0.1, -0.05) is 13.8 Å². The molecular formula is C12H22N4O. The molecule has 0 aliphatic rings. The number of anilines is 2. The minimum Gasteiger partial charge on any atom is -0.394 e. The Morgan fingerprint density at radius 3 is 2.47 bits per heavy atom. The van der Waals surface area contributed by atoms with E-state index in [4.69, 9.17) is 0 Å². The predicted molar refractivity (Wildman–Crippen MR) is 70.3 cm³/mol. The fourth-order valence-corrected chi connectivity index (χ4v) is 1.53. The van der Waals surface area contributed by atoms with Crippen LogP contribution in [0.4, 0.5) is 11.6 Å². The van der Waals surface area contributed by atoms with E-state index in [1.165, 1.54) is 0 Å². The van der Waals surface area contributed by atoms with Crippen molar-refractivity contribution < 1.29 is 5.11 Å². The van der Waals surface area contributed by atoms with Crippen molar-refractivity contribution in [1.29, 1.82) is 0 Å². The van der Waals surface area contributed by atoms with Gasteiger partial charge < -0.3 is 15.7 Å². The summed E-state index contributed by atoms with van der Waals surface area (Å²) in [6.45, 7) is 8.92. The number of nitrogens with one attached hydrogen (secondary N) is 2. The number of nitrogens with zero attached hydrogens (tertiary/aromatic N) is 2. The normalized spacial score (nSPS) is 12.6. The third-order valence-corrected chi connectivity index (χ3v) is 2.53. The van der Waals surface area contributed by atoms with E-state index in [-0.39, 0.29) is 12.6 Å². The van der Waals surface area contributed by atoms with Crippen molar-refractivity contribution in [2.75, 3.05) is 23.8 Å². The molecule has 96 valence electrons. The Morgan fingerprint density at radius 1 is 1.29 bits per heavy atom. The molecule has 0 spiro atoms. The summed E-state index contributed by atoms with van der Waals surface area (Å²) in [5.74, 6) is 2.62. The molecule has 0 amide bonds. The van der Waals surface area contributed by atoms with Gasteiger partial charge in [-0.2, -0.15) is 0 Å². The molecule has 5 heteroatoms. The predicted octanol–water partition coefficient (Wildman–Crippen LogP) is 1.65. The van der Waals surface area contributed by atoms with Gasteiger partial charge in [0.1, 0.15) is 17.5 Å². The fraction of sp³-hybridized carbons (Fsp3) is 0.667. The average Bonchev–Trinajstić information content (AvgIpc) is 2.25. The van der Waals surface area contributed by atoms with Gasteiger partial charge in [-0.15, -0.1) is 0 Å². The van der Waals surface area contributed by atoms with E-state index in [1.54, 1.807) is 0 Å². The monoisotopic (exact) mass is 238 g/mol.